The summed E-state index contributed by atoms with van der Waals surface area (Å²) in [7, 11) is 6.54. The van der Waals surface area contributed by atoms with Crippen LogP contribution in [0.15, 0.2) is 47.5 Å². The minimum atomic E-state index is -0.487. The number of ether oxygens (including phenoxy) is 3. The highest BCUT2D eigenvalue weighted by atomic mass is 16.5. The molecule has 0 heterocycles. The molecule has 2 aromatic carbocycles. The number of hydrogen-bond donors (Lipinski definition) is 0. The number of nitrogens with zero attached hydrogens (tertiary/aromatic N) is 2. The first-order valence-electron chi connectivity index (χ1n) is 7.73. The molecule has 0 N–H and O–H groups in total. The van der Waals surface area contributed by atoms with E-state index in [1.807, 2.05) is 44.4 Å². The summed E-state index contributed by atoms with van der Waals surface area (Å²) in [5.41, 5.74) is 1.79. The minimum absolute atomic E-state index is 0.310. The first-order valence-corrected chi connectivity index (χ1v) is 7.73. The quantitative estimate of drug-likeness (QED) is 0.439. The van der Waals surface area contributed by atoms with Crippen LogP contribution >= 0.6 is 0 Å². The second kappa shape index (κ2) is 8.73. The summed E-state index contributed by atoms with van der Waals surface area (Å²) in [4.78, 5) is 18.1. The first-order chi connectivity index (χ1) is 12.0. The number of esters is 1. The lowest BCUT2D eigenvalue weighted by Crippen LogP contribution is -2.08. The van der Waals surface area contributed by atoms with Crippen LogP contribution in [0.5, 0.6) is 11.5 Å². The van der Waals surface area contributed by atoms with Crippen molar-refractivity contribution in [1.82, 2.24) is 4.90 Å². The van der Waals surface area contributed by atoms with Crippen molar-refractivity contribution in [2.24, 2.45) is 4.99 Å². The normalized spacial score (nSPS) is 10.6. The van der Waals surface area contributed by atoms with Gasteiger partial charge in [-0.15, -0.1) is 0 Å². The topological polar surface area (TPSA) is 60.4 Å². The average Bonchev–Trinajstić information content (AvgIpc) is 2.64. The van der Waals surface area contributed by atoms with Gasteiger partial charge in [0.25, 0.3) is 0 Å². The summed E-state index contributed by atoms with van der Waals surface area (Å²) in [5.74, 6) is 0.462. The Bertz CT molecular complexity index is 743. The molecular weight excluding hydrogens is 320 g/mol. The van der Waals surface area contributed by atoms with E-state index >= 15 is 0 Å². The number of carbonyl (C=O) groups excluding carboxylic acids is 1. The van der Waals surface area contributed by atoms with Gasteiger partial charge in [-0.05, 0) is 5.56 Å². The van der Waals surface area contributed by atoms with Crippen molar-refractivity contribution < 1.29 is 19.0 Å². The van der Waals surface area contributed by atoms with E-state index in [4.69, 9.17) is 14.2 Å². The lowest BCUT2D eigenvalue weighted by molar-refractivity contribution is 0.0601. The number of hydrogen-bond acceptors (Lipinski definition) is 5. The van der Waals surface area contributed by atoms with Gasteiger partial charge in [-0.25, -0.2) is 9.79 Å². The maximum atomic E-state index is 12.0. The molecule has 0 saturated carbocycles. The van der Waals surface area contributed by atoms with Crippen LogP contribution in [0.3, 0.4) is 0 Å². The van der Waals surface area contributed by atoms with Gasteiger partial charge in [-0.2, -0.15) is 0 Å². The van der Waals surface area contributed by atoms with Gasteiger partial charge < -0.3 is 19.1 Å². The highest BCUT2D eigenvalue weighted by Crippen LogP contribution is 2.35. The fourth-order valence-electron chi connectivity index (χ4n) is 2.11. The van der Waals surface area contributed by atoms with E-state index in [0.29, 0.717) is 29.4 Å². The molecule has 0 bridgehead atoms. The Morgan fingerprint density at radius 1 is 1.12 bits per heavy atom. The summed E-state index contributed by atoms with van der Waals surface area (Å²) in [6.07, 6.45) is 1.61. The molecule has 0 radical (unpaired) electrons. The molecule has 0 atom stereocenters. The lowest BCUT2D eigenvalue weighted by Gasteiger charge is -2.14. The molecule has 6 heteroatoms. The van der Waals surface area contributed by atoms with Crippen molar-refractivity contribution in [1.29, 1.82) is 0 Å². The maximum Gasteiger partial charge on any atom is 0.340 e. The zero-order valence-electron chi connectivity index (χ0n) is 14.9. The Balaban J connectivity index is 2.37. The van der Waals surface area contributed by atoms with Gasteiger partial charge in [0.1, 0.15) is 6.61 Å². The van der Waals surface area contributed by atoms with E-state index in [-0.39, 0.29) is 0 Å². The van der Waals surface area contributed by atoms with Crippen LogP contribution in [0, 0.1) is 0 Å². The molecule has 25 heavy (non-hydrogen) atoms. The van der Waals surface area contributed by atoms with Crippen LogP contribution in [0.25, 0.3) is 0 Å². The Hall–Kier alpha value is -3.02. The summed E-state index contributed by atoms with van der Waals surface area (Å²) in [6.45, 7) is 0.381. The van der Waals surface area contributed by atoms with Gasteiger partial charge in [0.15, 0.2) is 11.5 Å². The Morgan fingerprint density at radius 2 is 1.84 bits per heavy atom. The summed E-state index contributed by atoms with van der Waals surface area (Å²) in [6, 6.07) is 13.0. The van der Waals surface area contributed by atoms with E-state index in [1.54, 1.807) is 23.4 Å². The van der Waals surface area contributed by atoms with Crippen molar-refractivity contribution in [3.05, 3.63) is 53.6 Å². The SMILES string of the molecule is COC(=O)c1cc(OC)c(OCc2ccccc2)cc1/N=C/N(C)C. The molecule has 2 rings (SSSR count). The van der Waals surface area contributed by atoms with Crippen LogP contribution < -0.4 is 9.47 Å². The van der Waals surface area contributed by atoms with Crippen molar-refractivity contribution >= 4 is 18.0 Å². The third-order valence-electron chi connectivity index (χ3n) is 3.35. The van der Waals surface area contributed by atoms with Crippen LogP contribution in [0.1, 0.15) is 15.9 Å². The van der Waals surface area contributed by atoms with E-state index in [1.165, 1.54) is 14.2 Å². The molecule has 0 aromatic heterocycles. The van der Waals surface area contributed by atoms with Crippen LogP contribution in [0.2, 0.25) is 0 Å². The number of methoxy groups -OCH3 is 2. The molecule has 0 saturated heterocycles. The van der Waals surface area contributed by atoms with E-state index < -0.39 is 5.97 Å². The number of benzene rings is 2. The molecule has 0 aliphatic carbocycles. The molecule has 132 valence electrons. The Labute approximate surface area is 147 Å². The highest BCUT2D eigenvalue weighted by Gasteiger charge is 2.17. The molecule has 0 aliphatic rings. The van der Waals surface area contributed by atoms with E-state index in [9.17, 15) is 4.79 Å². The Kier molecular flexibility index (Phi) is 6.39. The lowest BCUT2D eigenvalue weighted by atomic mass is 10.1. The maximum absolute atomic E-state index is 12.0. The van der Waals surface area contributed by atoms with Crippen LogP contribution in [-0.4, -0.2) is 45.5 Å². The van der Waals surface area contributed by atoms with Crippen molar-refractivity contribution in [2.75, 3.05) is 28.3 Å². The van der Waals surface area contributed by atoms with Gasteiger partial charge in [0.2, 0.25) is 0 Å². The second-order valence-corrected chi connectivity index (χ2v) is 5.49. The number of rotatable bonds is 7. The van der Waals surface area contributed by atoms with Gasteiger partial charge in [-0.1, -0.05) is 30.3 Å². The van der Waals surface area contributed by atoms with Gasteiger partial charge in [0, 0.05) is 26.2 Å². The highest BCUT2D eigenvalue weighted by molar-refractivity contribution is 5.96. The second-order valence-electron chi connectivity index (χ2n) is 5.49. The molecule has 0 unspecified atom stereocenters. The van der Waals surface area contributed by atoms with Crippen molar-refractivity contribution in [2.45, 2.75) is 6.61 Å². The fraction of sp³-hybridized carbons (Fsp3) is 0.263. The van der Waals surface area contributed by atoms with Crippen LogP contribution in [0.4, 0.5) is 5.69 Å². The van der Waals surface area contributed by atoms with Crippen molar-refractivity contribution in [3.63, 3.8) is 0 Å². The summed E-state index contributed by atoms with van der Waals surface area (Å²) >= 11 is 0. The van der Waals surface area contributed by atoms with Crippen molar-refractivity contribution in [3.8, 4) is 11.5 Å². The first kappa shape index (κ1) is 18.3. The van der Waals surface area contributed by atoms with Crippen LogP contribution in [-0.2, 0) is 11.3 Å². The zero-order valence-corrected chi connectivity index (χ0v) is 14.9. The standard InChI is InChI=1S/C19H22N2O4/c1-21(2)13-20-16-11-18(25-12-14-8-6-5-7-9-14)17(23-3)10-15(16)19(22)24-4/h5-11,13H,12H2,1-4H3/b20-13+. The zero-order chi connectivity index (χ0) is 18.2. The molecular formula is C19H22N2O4. The van der Waals surface area contributed by atoms with Gasteiger partial charge in [0.05, 0.1) is 31.8 Å². The number of aliphatic imine (C=N–C) groups is 1. The molecule has 0 aliphatic heterocycles. The monoisotopic (exact) mass is 342 g/mol. The predicted octanol–water partition coefficient (Wildman–Crippen LogP) is 3.28. The summed E-state index contributed by atoms with van der Waals surface area (Å²) in [5, 5.41) is 0. The minimum Gasteiger partial charge on any atom is -0.493 e. The van der Waals surface area contributed by atoms with Gasteiger partial charge >= 0.3 is 5.97 Å². The summed E-state index contributed by atoms with van der Waals surface area (Å²) < 4.78 is 16.0. The molecule has 0 amide bonds. The predicted molar refractivity (Wildman–Crippen MR) is 96.9 cm³/mol. The molecule has 6 nitrogen and oxygen atoms in total. The fourth-order valence-corrected chi connectivity index (χ4v) is 2.11. The van der Waals surface area contributed by atoms with E-state index in [0.717, 1.165) is 5.56 Å². The average molecular weight is 342 g/mol. The molecule has 0 fully saturated rings. The number of carbonyl (C=O) groups is 1. The molecule has 0 spiro atoms. The smallest absolute Gasteiger partial charge is 0.340 e. The van der Waals surface area contributed by atoms with E-state index in [2.05, 4.69) is 4.99 Å². The van der Waals surface area contributed by atoms with Gasteiger partial charge in [-0.3, -0.25) is 0 Å². The third kappa shape index (κ3) is 4.97. The Morgan fingerprint density at radius 3 is 2.44 bits per heavy atom. The molecule has 2 aromatic rings. The largest absolute Gasteiger partial charge is 0.493 e. The third-order valence-corrected chi connectivity index (χ3v) is 3.35.